The molecule has 1 aromatic rings. The lowest BCUT2D eigenvalue weighted by atomic mass is 10.2. The van der Waals surface area contributed by atoms with E-state index in [-0.39, 0.29) is 12.0 Å². The van der Waals surface area contributed by atoms with Crippen molar-refractivity contribution in [2.75, 3.05) is 11.9 Å². The molecule has 0 amide bonds. The Morgan fingerprint density at radius 1 is 1.33 bits per heavy atom. The first-order valence-corrected chi connectivity index (χ1v) is 6.41. The number of nitrogens with one attached hydrogen (secondary N) is 2. The van der Waals surface area contributed by atoms with Gasteiger partial charge in [-0.3, -0.25) is 0 Å². The molecular formula is C11H10Cl2N2O2S. The number of carbonyl (C=O) groups is 1. The zero-order valence-corrected chi connectivity index (χ0v) is 11.5. The Balaban J connectivity index is 1.96. The Morgan fingerprint density at radius 3 is 2.56 bits per heavy atom. The molecule has 0 saturated carbocycles. The van der Waals surface area contributed by atoms with Crippen LogP contribution >= 0.6 is 35.4 Å². The number of cyclic esters (lactones) is 1. The van der Waals surface area contributed by atoms with E-state index in [0.29, 0.717) is 33.9 Å². The Kier molecular flexibility index (Phi) is 4.27. The van der Waals surface area contributed by atoms with Crippen LogP contribution in [-0.2, 0) is 9.53 Å². The average molecular weight is 305 g/mol. The van der Waals surface area contributed by atoms with Crippen LogP contribution < -0.4 is 10.6 Å². The highest BCUT2D eigenvalue weighted by Gasteiger charge is 2.26. The van der Waals surface area contributed by atoms with Gasteiger partial charge in [-0.1, -0.05) is 23.2 Å². The van der Waals surface area contributed by atoms with Crippen molar-refractivity contribution in [3.8, 4) is 0 Å². The van der Waals surface area contributed by atoms with Crippen LogP contribution in [0.4, 0.5) is 5.69 Å². The molecule has 0 radical (unpaired) electrons. The number of ether oxygens (including phenoxy) is 1. The molecular weight excluding hydrogens is 295 g/mol. The van der Waals surface area contributed by atoms with E-state index in [1.807, 2.05) is 0 Å². The minimum Gasteiger partial charge on any atom is -0.464 e. The summed E-state index contributed by atoms with van der Waals surface area (Å²) in [4.78, 5) is 11.3. The molecule has 1 aromatic carbocycles. The topological polar surface area (TPSA) is 50.4 Å². The van der Waals surface area contributed by atoms with Crippen molar-refractivity contribution in [2.45, 2.75) is 12.5 Å². The fourth-order valence-electron chi connectivity index (χ4n) is 1.58. The molecule has 0 unspecified atom stereocenters. The van der Waals surface area contributed by atoms with Gasteiger partial charge in [-0.05, 0) is 30.4 Å². The van der Waals surface area contributed by atoms with Gasteiger partial charge in [0.25, 0.3) is 0 Å². The number of anilines is 1. The first-order valence-electron chi connectivity index (χ1n) is 5.25. The Hall–Kier alpha value is -1.04. The van der Waals surface area contributed by atoms with Crippen molar-refractivity contribution in [3.05, 3.63) is 28.2 Å². The summed E-state index contributed by atoms with van der Waals surface area (Å²) >= 11 is 16.8. The van der Waals surface area contributed by atoms with Crippen LogP contribution in [0.1, 0.15) is 6.42 Å². The third kappa shape index (κ3) is 3.48. The molecule has 7 heteroatoms. The van der Waals surface area contributed by atoms with E-state index in [0.717, 1.165) is 0 Å². The number of carbonyl (C=O) groups excluding carboxylic acids is 1. The Morgan fingerprint density at radius 2 is 2.00 bits per heavy atom. The number of rotatable bonds is 2. The summed E-state index contributed by atoms with van der Waals surface area (Å²) in [5.41, 5.74) is 0.663. The van der Waals surface area contributed by atoms with Gasteiger partial charge >= 0.3 is 5.97 Å². The van der Waals surface area contributed by atoms with Crippen molar-refractivity contribution in [3.63, 3.8) is 0 Å². The lowest BCUT2D eigenvalue weighted by Crippen LogP contribution is -2.40. The molecule has 96 valence electrons. The Bertz CT molecular complexity index is 476. The molecule has 0 bridgehead atoms. The maximum absolute atomic E-state index is 11.3. The highest BCUT2D eigenvalue weighted by molar-refractivity contribution is 7.80. The number of thiocarbonyl (C=S) groups is 1. The first-order chi connectivity index (χ1) is 8.54. The van der Waals surface area contributed by atoms with Gasteiger partial charge in [0.1, 0.15) is 6.04 Å². The van der Waals surface area contributed by atoms with E-state index in [2.05, 4.69) is 10.6 Å². The predicted molar refractivity (Wildman–Crippen MR) is 75.2 cm³/mol. The maximum Gasteiger partial charge on any atom is 0.328 e. The van der Waals surface area contributed by atoms with Crippen molar-refractivity contribution in [1.82, 2.24) is 5.32 Å². The summed E-state index contributed by atoms with van der Waals surface area (Å²) in [6.07, 6.45) is 0.608. The molecule has 1 aliphatic rings. The van der Waals surface area contributed by atoms with Crippen LogP contribution in [0, 0.1) is 0 Å². The monoisotopic (exact) mass is 304 g/mol. The third-order valence-electron chi connectivity index (χ3n) is 2.36. The van der Waals surface area contributed by atoms with Crippen LogP contribution in [0.2, 0.25) is 10.0 Å². The first kappa shape index (κ1) is 13.4. The second-order valence-corrected chi connectivity index (χ2v) is 5.05. The van der Waals surface area contributed by atoms with Gasteiger partial charge in [-0.25, -0.2) is 4.79 Å². The zero-order chi connectivity index (χ0) is 13.1. The second-order valence-electron chi connectivity index (χ2n) is 3.77. The largest absolute Gasteiger partial charge is 0.464 e. The van der Waals surface area contributed by atoms with Gasteiger partial charge in [0.2, 0.25) is 0 Å². The fraction of sp³-hybridized carbons (Fsp3) is 0.273. The maximum atomic E-state index is 11.3. The normalized spacial score (nSPS) is 18.3. The molecule has 1 aliphatic heterocycles. The molecule has 2 N–H and O–H groups in total. The van der Waals surface area contributed by atoms with Crippen LogP contribution in [0.15, 0.2) is 18.2 Å². The summed E-state index contributed by atoms with van der Waals surface area (Å²) in [7, 11) is 0. The molecule has 1 heterocycles. The van der Waals surface area contributed by atoms with E-state index in [1.165, 1.54) is 0 Å². The standard InChI is InChI=1S/C11H10Cl2N2O2S/c12-6-3-7(13)5-8(4-6)14-11(18)15-9-1-2-17-10(9)16/h3-5,9H,1-2H2,(H2,14,15,18)/t9-/m0/s1. The summed E-state index contributed by atoms with van der Waals surface area (Å²) in [5.74, 6) is -0.289. The smallest absolute Gasteiger partial charge is 0.328 e. The number of benzene rings is 1. The minimum absolute atomic E-state index is 0.289. The van der Waals surface area contributed by atoms with E-state index < -0.39 is 0 Å². The lowest BCUT2D eigenvalue weighted by molar-refractivity contribution is -0.139. The van der Waals surface area contributed by atoms with Crippen molar-refractivity contribution in [2.24, 2.45) is 0 Å². The highest BCUT2D eigenvalue weighted by atomic mass is 35.5. The molecule has 4 nitrogen and oxygen atoms in total. The average Bonchev–Trinajstić information content (AvgIpc) is 2.62. The minimum atomic E-state index is -0.389. The SMILES string of the molecule is O=C1OCC[C@@H]1NC(=S)Nc1cc(Cl)cc(Cl)c1. The summed E-state index contributed by atoms with van der Waals surface area (Å²) in [5, 5.41) is 7.14. The second kappa shape index (κ2) is 5.73. The van der Waals surface area contributed by atoms with E-state index in [1.54, 1.807) is 18.2 Å². The van der Waals surface area contributed by atoms with Gasteiger partial charge in [-0.2, -0.15) is 0 Å². The molecule has 2 rings (SSSR count). The summed E-state index contributed by atoms with van der Waals surface area (Å²) in [6, 6.07) is 4.61. The summed E-state index contributed by atoms with van der Waals surface area (Å²) < 4.78 is 4.82. The molecule has 1 saturated heterocycles. The third-order valence-corrected chi connectivity index (χ3v) is 3.02. The Labute approximate surface area is 120 Å². The van der Waals surface area contributed by atoms with Gasteiger partial charge in [0.05, 0.1) is 6.61 Å². The van der Waals surface area contributed by atoms with E-state index in [4.69, 9.17) is 40.2 Å². The molecule has 1 fully saturated rings. The molecule has 0 aromatic heterocycles. The van der Waals surface area contributed by atoms with Crippen molar-refractivity contribution in [1.29, 1.82) is 0 Å². The highest BCUT2D eigenvalue weighted by Crippen LogP contribution is 2.22. The lowest BCUT2D eigenvalue weighted by Gasteiger charge is -2.13. The van der Waals surface area contributed by atoms with Crippen LogP contribution in [0.3, 0.4) is 0 Å². The fourth-order valence-corrected chi connectivity index (χ4v) is 2.36. The number of hydrogen-bond acceptors (Lipinski definition) is 3. The van der Waals surface area contributed by atoms with Crippen molar-refractivity contribution < 1.29 is 9.53 Å². The van der Waals surface area contributed by atoms with Gasteiger partial charge in [-0.15, -0.1) is 0 Å². The van der Waals surface area contributed by atoms with Gasteiger partial charge < -0.3 is 15.4 Å². The zero-order valence-electron chi connectivity index (χ0n) is 9.20. The number of halogens is 2. The van der Waals surface area contributed by atoms with E-state index in [9.17, 15) is 4.79 Å². The summed E-state index contributed by atoms with van der Waals surface area (Å²) in [6.45, 7) is 0.419. The number of hydrogen-bond donors (Lipinski definition) is 2. The molecule has 1 atom stereocenters. The molecule has 18 heavy (non-hydrogen) atoms. The van der Waals surface area contributed by atoms with Crippen LogP contribution in [-0.4, -0.2) is 23.7 Å². The van der Waals surface area contributed by atoms with Crippen LogP contribution in [0.25, 0.3) is 0 Å². The molecule has 0 spiro atoms. The van der Waals surface area contributed by atoms with Gasteiger partial charge in [0, 0.05) is 22.2 Å². The van der Waals surface area contributed by atoms with Crippen molar-refractivity contribution >= 4 is 52.2 Å². The quantitative estimate of drug-likeness (QED) is 0.650. The van der Waals surface area contributed by atoms with E-state index >= 15 is 0 Å². The van der Waals surface area contributed by atoms with Crippen LogP contribution in [0.5, 0.6) is 0 Å². The number of esters is 1. The van der Waals surface area contributed by atoms with Gasteiger partial charge in [0.15, 0.2) is 5.11 Å². The predicted octanol–water partition coefficient (Wildman–Crippen LogP) is 2.60. The molecule has 0 aliphatic carbocycles.